The second-order valence-corrected chi connectivity index (χ2v) is 4.78. The van der Waals surface area contributed by atoms with Crippen LogP contribution in [-0.2, 0) is 13.5 Å². The van der Waals surface area contributed by atoms with Crippen molar-refractivity contribution in [2.24, 2.45) is 12.8 Å². The standard InChI is InChI=1S/C12H16ClN5O/c1-8(19-10-5-3-4-9(13)6-10)11(14)7-12-15-17-18(2)16-12/h3-6,8,11H,7,14H2,1-2H3. The van der Waals surface area contributed by atoms with Gasteiger partial charge in [-0.2, -0.15) is 4.80 Å². The average Bonchev–Trinajstić information content (AvgIpc) is 2.74. The van der Waals surface area contributed by atoms with Crippen LogP contribution in [0.15, 0.2) is 24.3 Å². The summed E-state index contributed by atoms with van der Waals surface area (Å²) in [5.41, 5.74) is 6.07. The van der Waals surface area contributed by atoms with Gasteiger partial charge >= 0.3 is 0 Å². The highest BCUT2D eigenvalue weighted by Crippen LogP contribution is 2.19. The normalized spacial score (nSPS) is 14.1. The average molecular weight is 282 g/mol. The van der Waals surface area contributed by atoms with Crippen molar-refractivity contribution in [3.63, 3.8) is 0 Å². The van der Waals surface area contributed by atoms with E-state index in [1.807, 2.05) is 19.1 Å². The van der Waals surface area contributed by atoms with Gasteiger partial charge in [0.2, 0.25) is 0 Å². The first-order valence-electron chi connectivity index (χ1n) is 5.95. The van der Waals surface area contributed by atoms with E-state index in [-0.39, 0.29) is 12.1 Å². The van der Waals surface area contributed by atoms with E-state index in [0.717, 1.165) is 0 Å². The third-order valence-electron chi connectivity index (χ3n) is 2.69. The van der Waals surface area contributed by atoms with E-state index in [4.69, 9.17) is 22.1 Å². The van der Waals surface area contributed by atoms with Crippen molar-refractivity contribution in [3.8, 4) is 5.75 Å². The van der Waals surface area contributed by atoms with Gasteiger partial charge in [0.25, 0.3) is 0 Å². The molecular weight excluding hydrogens is 266 g/mol. The molecule has 0 aliphatic carbocycles. The first kappa shape index (κ1) is 13.8. The van der Waals surface area contributed by atoms with Gasteiger partial charge in [-0.25, -0.2) is 0 Å². The number of tetrazole rings is 1. The van der Waals surface area contributed by atoms with Gasteiger partial charge in [0.15, 0.2) is 5.82 Å². The fourth-order valence-electron chi connectivity index (χ4n) is 1.62. The van der Waals surface area contributed by atoms with Gasteiger partial charge < -0.3 is 10.5 Å². The summed E-state index contributed by atoms with van der Waals surface area (Å²) in [5, 5.41) is 12.4. The molecule has 0 amide bonds. The van der Waals surface area contributed by atoms with Gasteiger partial charge in [-0.3, -0.25) is 0 Å². The van der Waals surface area contributed by atoms with Crippen LogP contribution in [0.5, 0.6) is 5.75 Å². The summed E-state index contributed by atoms with van der Waals surface area (Å²) in [5.74, 6) is 1.30. The number of ether oxygens (including phenoxy) is 1. The lowest BCUT2D eigenvalue weighted by molar-refractivity contribution is 0.188. The second-order valence-electron chi connectivity index (χ2n) is 4.34. The van der Waals surface area contributed by atoms with Gasteiger partial charge in [0.1, 0.15) is 11.9 Å². The fraction of sp³-hybridized carbons (Fsp3) is 0.417. The zero-order chi connectivity index (χ0) is 13.8. The number of hydrogen-bond donors (Lipinski definition) is 1. The minimum absolute atomic E-state index is 0.178. The molecule has 0 bridgehead atoms. The number of nitrogens with zero attached hydrogens (tertiary/aromatic N) is 4. The lowest BCUT2D eigenvalue weighted by Gasteiger charge is -2.20. The molecular formula is C12H16ClN5O. The molecule has 102 valence electrons. The highest BCUT2D eigenvalue weighted by molar-refractivity contribution is 6.30. The van der Waals surface area contributed by atoms with E-state index in [2.05, 4.69) is 15.4 Å². The number of rotatable bonds is 5. The van der Waals surface area contributed by atoms with Crippen molar-refractivity contribution in [2.75, 3.05) is 0 Å². The Kier molecular flexibility index (Phi) is 4.34. The molecule has 0 fully saturated rings. The lowest BCUT2D eigenvalue weighted by atomic mass is 10.1. The molecule has 0 aliphatic heterocycles. The minimum atomic E-state index is -0.219. The summed E-state index contributed by atoms with van der Waals surface area (Å²) >= 11 is 5.90. The van der Waals surface area contributed by atoms with Crippen molar-refractivity contribution in [1.29, 1.82) is 0 Å². The first-order chi connectivity index (χ1) is 9.04. The summed E-state index contributed by atoms with van der Waals surface area (Å²) in [4.78, 5) is 1.41. The number of aromatic nitrogens is 4. The Bertz CT molecular complexity index is 544. The van der Waals surface area contributed by atoms with Crippen LogP contribution in [0.1, 0.15) is 12.7 Å². The monoisotopic (exact) mass is 281 g/mol. The maximum Gasteiger partial charge on any atom is 0.176 e. The van der Waals surface area contributed by atoms with Crippen LogP contribution in [-0.4, -0.2) is 32.4 Å². The van der Waals surface area contributed by atoms with Crippen LogP contribution in [0.4, 0.5) is 0 Å². The fourth-order valence-corrected chi connectivity index (χ4v) is 1.80. The molecule has 7 heteroatoms. The molecule has 1 aromatic heterocycles. The Morgan fingerprint density at radius 3 is 2.89 bits per heavy atom. The summed E-state index contributed by atoms with van der Waals surface area (Å²) in [6.45, 7) is 1.90. The molecule has 6 nitrogen and oxygen atoms in total. The van der Waals surface area contributed by atoms with E-state index in [0.29, 0.717) is 23.0 Å². The Morgan fingerprint density at radius 2 is 2.26 bits per heavy atom. The largest absolute Gasteiger partial charge is 0.489 e. The number of halogens is 1. The molecule has 0 saturated heterocycles. The highest BCUT2D eigenvalue weighted by Gasteiger charge is 2.17. The molecule has 0 spiro atoms. The number of nitrogens with two attached hydrogens (primary N) is 1. The topological polar surface area (TPSA) is 78.9 Å². The number of hydrogen-bond acceptors (Lipinski definition) is 5. The molecule has 2 N–H and O–H groups in total. The van der Waals surface area contributed by atoms with Crippen LogP contribution < -0.4 is 10.5 Å². The van der Waals surface area contributed by atoms with Crippen LogP contribution in [0.25, 0.3) is 0 Å². The predicted molar refractivity (Wildman–Crippen MR) is 72.0 cm³/mol. The van der Waals surface area contributed by atoms with Crippen molar-refractivity contribution in [3.05, 3.63) is 35.1 Å². The van der Waals surface area contributed by atoms with E-state index < -0.39 is 0 Å². The SMILES string of the molecule is CC(Oc1cccc(Cl)c1)C(N)Cc1nnn(C)n1. The molecule has 0 aliphatic rings. The highest BCUT2D eigenvalue weighted by atomic mass is 35.5. The molecule has 2 atom stereocenters. The third-order valence-corrected chi connectivity index (χ3v) is 2.92. The zero-order valence-corrected chi connectivity index (χ0v) is 11.6. The summed E-state index contributed by atoms with van der Waals surface area (Å²) in [7, 11) is 1.72. The molecule has 0 saturated carbocycles. The quantitative estimate of drug-likeness (QED) is 0.891. The lowest BCUT2D eigenvalue weighted by Crippen LogP contribution is -2.38. The van der Waals surface area contributed by atoms with Gasteiger partial charge in [-0.1, -0.05) is 17.7 Å². The minimum Gasteiger partial charge on any atom is -0.489 e. The molecule has 1 aromatic carbocycles. The van der Waals surface area contributed by atoms with Crippen molar-refractivity contribution >= 4 is 11.6 Å². The van der Waals surface area contributed by atoms with Crippen LogP contribution in [0.3, 0.4) is 0 Å². The second kappa shape index (κ2) is 5.99. The molecule has 2 unspecified atom stereocenters. The van der Waals surface area contributed by atoms with Crippen molar-refractivity contribution in [2.45, 2.75) is 25.5 Å². The van der Waals surface area contributed by atoms with Crippen LogP contribution in [0, 0.1) is 0 Å². The van der Waals surface area contributed by atoms with Gasteiger partial charge in [0.05, 0.1) is 7.05 Å². The maximum atomic E-state index is 6.07. The van der Waals surface area contributed by atoms with E-state index in [1.165, 1.54) is 4.80 Å². The third kappa shape index (κ3) is 3.90. The van der Waals surface area contributed by atoms with E-state index in [9.17, 15) is 0 Å². The number of aryl methyl sites for hydroxylation is 1. The van der Waals surface area contributed by atoms with E-state index in [1.54, 1.807) is 19.2 Å². The zero-order valence-electron chi connectivity index (χ0n) is 10.8. The molecule has 19 heavy (non-hydrogen) atoms. The van der Waals surface area contributed by atoms with Crippen molar-refractivity contribution < 1.29 is 4.74 Å². The molecule has 2 aromatic rings. The first-order valence-corrected chi connectivity index (χ1v) is 6.33. The molecule has 0 radical (unpaired) electrons. The van der Waals surface area contributed by atoms with Crippen LogP contribution >= 0.6 is 11.6 Å². The Labute approximate surface area is 116 Å². The van der Waals surface area contributed by atoms with E-state index >= 15 is 0 Å². The maximum absolute atomic E-state index is 6.07. The summed E-state index contributed by atoms with van der Waals surface area (Å²) < 4.78 is 5.74. The Balaban J connectivity index is 1.93. The Hall–Kier alpha value is -1.66. The number of benzene rings is 1. The van der Waals surface area contributed by atoms with Gasteiger partial charge in [0, 0.05) is 17.5 Å². The van der Waals surface area contributed by atoms with Crippen molar-refractivity contribution in [1.82, 2.24) is 20.2 Å². The summed E-state index contributed by atoms with van der Waals surface area (Å²) in [6, 6.07) is 7.01. The van der Waals surface area contributed by atoms with Crippen LogP contribution in [0.2, 0.25) is 5.02 Å². The predicted octanol–water partition coefficient (Wildman–Crippen LogP) is 1.20. The summed E-state index contributed by atoms with van der Waals surface area (Å²) in [6.07, 6.45) is 0.331. The Morgan fingerprint density at radius 1 is 1.47 bits per heavy atom. The molecule has 1 heterocycles. The smallest absolute Gasteiger partial charge is 0.176 e. The van der Waals surface area contributed by atoms with Gasteiger partial charge in [-0.15, -0.1) is 10.2 Å². The molecule has 2 rings (SSSR count). The van der Waals surface area contributed by atoms with Gasteiger partial charge in [-0.05, 0) is 30.3 Å².